The molecule has 1 aliphatic heterocycles. The number of aromatic nitrogens is 1. The SMILES string of the molecule is CCN1CCCC1CN(C)c1ccc(N)c(C#N)n1. The summed E-state index contributed by atoms with van der Waals surface area (Å²) in [6.07, 6.45) is 2.50. The molecule has 1 atom stereocenters. The van der Waals surface area contributed by atoms with Gasteiger partial charge in [-0.25, -0.2) is 4.98 Å². The Morgan fingerprint density at radius 3 is 3.05 bits per heavy atom. The zero-order valence-electron chi connectivity index (χ0n) is 11.6. The van der Waals surface area contributed by atoms with E-state index in [1.807, 2.05) is 19.2 Å². The van der Waals surface area contributed by atoms with Crippen LogP contribution in [-0.4, -0.2) is 42.6 Å². The molecule has 0 saturated carbocycles. The van der Waals surface area contributed by atoms with Crippen molar-refractivity contribution in [2.75, 3.05) is 37.3 Å². The van der Waals surface area contributed by atoms with Crippen LogP contribution in [0.5, 0.6) is 0 Å². The molecule has 19 heavy (non-hydrogen) atoms. The van der Waals surface area contributed by atoms with Gasteiger partial charge in [0.1, 0.15) is 11.9 Å². The van der Waals surface area contributed by atoms with Gasteiger partial charge < -0.3 is 10.6 Å². The van der Waals surface area contributed by atoms with E-state index in [-0.39, 0.29) is 0 Å². The van der Waals surface area contributed by atoms with Gasteiger partial charge in [-0.3, -0.25) is 4.90 Å². The first-order valence-electron chi connectivity index (χ1n) is 6.77. The van der Waals surface area contributed by atoms with E-state index in [1.54, 1.807) is 6.07 Å². The van der Waals surface area contributed by atoms with E-state index in [9.17, 15) is 0 Å². The van der Waals surface area contributed by atoms with Crippen LogP contribution in [0.2, 0.25) is 0 Å². The molecule has 1 saturated heterocycles. The molecule has 0 amide bonds. The monoisotopic (exact) mass is 259 g/mol. The van der Waals surface area contributed by atoms with E-state index in [4.69, 9.17) is 11.0 Å². The Labute approximate surface area is 114 Å². The number of likely N-dealkylation sites (tertiary alicyclic amines) is 1. The zero-order chi connectivity index (χ0) is 13.8. The van der Waals surface area contributed by atoms with Crippen molar-refractivity contribution >= 4 is 11.5 Å². The third-order valence-corrected chi connectivity index (χ3v) is 3.80. The zero-order valence-corrected chi connectivity index (χ0v) is 11.6. The van der Waals surface area contributed by atoms with Crippen molar-refractivity contribution in [3.63, 3.8) is 0 Å². The second-order valence-corrected chi connectivity index (χ2v) is 5.02. The minimum atomic E-state index is 0.308. The van der Waals surface area contributed by atoms with Gasteiger partial charge in [-0.2, -0.15) is 5.26 Å². The highest BCUT2D eigenvalue weighted by Gasteiger charge is 2.24. The number of likely N-dealkylation sites (N-methyl/N-ethyl adjacent to an activating group) is 2. The van der Waals surface area contributed by atoms with E-state index < -0.39 is 0 Å². The van der Waals surface area contributed by atoms with Crippen molar-refractivity contribution in [1.82, 2.24) is 9.88 Å². The van der Waals surface area contributed by atoms with Crippen molar-refractivity contribution in [3.8, 4) is 6.07 Å². The third kappa shape index (κ3) is 2.96. The predicted molar refractivity (Wildman–Crippen MR) is 76.9 cm³/mol. The topological polar surface area (TPSA) is 69.2 Å². The molecular formula is C14H21N5. The van der Waals surface area contributed by atoms with Crippen LogP contribution in [0.15, 0.2) is 12.1 Å². The van der Waals surface area contributed by atoms with Crippen molar-refractivity contribution < 1.29 is 0 Å². The molecule has 0 radical (unpaired) electrons. The van der Waals surface area contributed by atoms with Gasteiger partial charge in [0.25, 0.3) is 0 Å². The highest BCUT2D eigenvalue weighted by atomic mass is 15.2. The highest BCUT2D eigenvalue weighted by molar-refractivity contribution is 5.55. The summed E-state index contributed by atoms with van der Waals surface area (Å²) in [5.74, 6) is 0.814. The molecule has 2 heterocycles. The van der Waals surface area contributed by atoms with Crippen LogP contribution >= 0.6 is 0 Å². The summed E-state index contributed by atoms with van der Waals surface area (Å²) in [5.41, 5.74) is 6.44. The van der Waals surface area contributed by atoms with Crippen LogP contribution < -0.4 is 10.6 Å². The first kappa shape index (κ1) is 13.6. The molecule has 0 aliphatic carbocycles. The summed E-state index contributed by atoms with van der Waals surface area (Å²) in [7, 11) is 2.02. The molecule has 2 rings (SSSR count). The van der Waals surface area contributed by atoms with E-state index in [0.29, 0.717) is 17.4 Å². The molecule has 0 spiro atoms. The lowest BCUT2D eigenvalue weighted by Crippen LogP contribution is -2.39. The summed E-state index contributed by atoms with van der Waals surface area (Å²) in [4.78, 5) is 8.91. The molecule has 1 fully saturated rings. The van der Waals surface area contributed by atoms with E-state index in [1.165, 1.54) is 19.4 Å². The molecule has 1 unspecified atom stereocenters. The first-order valence-corrected chi connectivity index (χ1v) is 6.77. The van der Waals surface area contributed by atoms with Gasteiger partial charge in [0.05, 0.1) is 5.69 Å². The number of nitrogens with two attached hydrogens (primary N) is 1. The highest BCUT2D eigenvalue weighted by Crippen LogP contribution is 2.20. The van der Waals surface area contributed by atoms with Crippen molar-refractivity contribution in [1.29, 1.82) is 5.26 Å². The number of nitrogen functional groups attached to an aromatic ring is 1. The molecule has 2 N–H and O–H groups in total. The first-order chi connectivity index (χ1) is 9.15. The number of hydrogen-bond donors (Lipinski definition) is 1. The maximum atomic E-state index is 8.97. The van der Waals surface area contributed by atoms with Gasteiger partial charge in [0.15, 0.2) is 5.69 Å². The molecule has 102 valence electrons. The Balaban J connectivity index is 2.07. The Kier molecular flexibility index (Phi) is 4.23. The summed E-state index contributed by atoms with van der Waals surface area (Å²) in [6.45, 7) is 5.42. The summed E-state index contributed by atoms with van der Waals surface area (Å²) < 4.78 is 0. The quantitative estimate of drug-likeness (QED) is 0.886. The normalized spacial score (nSPS) is 19.3. The van der Waals surface area contributed by atoms with E-state index in [0.717, 1.165) is 18.9 Å². The molecule has 1 aromatic heterocycles. The molecule has 5 nitrogen and oxygen atoms in total. The number of nitrogens with zero attached hydrogens (tertiary/aromatic N) is 4. The molecule has 0 bridgehead atoms. The van der Waals surface area contributed by atoms with Crippen LogP contribution in [0.25, 0.3) is 0 Å². The van der Waals surface area contributed by atoms with Gasteiger partial charge in [0.2, 0.25) is 0 Å². The fraction of sp³-hybridized carbons (Fsp3) is 0.571. The maximum absolute atomic E-state index is 8.97. The number of hydrogen-bond acceptors (Lipinski definition) is 5. The van der Waals surface area contributed by atoms with E-state index in [2.05, 4.69) is 21.7 Å². The minimum Gasteiger partial charge on any atom is -0.396 e. The largest absolute Gasteiger partial charge is 0.396 e. The Bertz CT molecular complexity index is 479. The van der Waals surface area contributed by atoms with E-state index >= 15 is 0 Å². The molecule has 1 aliphatic rings. The fourth-order valence-corrected chi connectivity index (χ4v) is 2.69. The third-order valence-electron chi connectivity index (χ3n) is 3.80. The van der Waals surface area contributed by atoms with Gasteiger partial charge in [-0.1, -0.05) is 6.92 Å². The molecule has 5 heteroatoms. The Morgan fingerprint density at radius 1 is 1.58 bits per heavy atom. The summed E-state index contributed by atoms with van der Waals surface area (Å²) >= 11 is 0. The Hall–Kier alpha value is -1.80. The number of pyridine rings is 1. The van der Waals surface area contributed by atoms with Crippen molar-refractivity contribution in [2.24, 2.45) is 0 Å². The number of anilines is 2. The van der Waals surface area contributed by atoms with Crippen LogP contribution in [0.1, 0.15) is 25.5 Å². The number of rotatable bonds is 4. The summed E-state index contributed by atoms with van der Waals surface area (Å²) in [6, 6.07) is 6.24. The van der Waals surface area contributed by atoms with Gasteiger partial charge in [-0.05, 0) is 38.1 Å². The Morgan fingerprint density at radius 2 is 2.37 bits per heavy atom. The predicted octanol–water partition coefficient (Wildman–Crippen LogP) is 1.46. The van der Waals surface area contributed by atoms with Gasteiger partial charge >= 0.3 is 0 Å². The smallest absolute Gasteiger partial charge is 0.165 e. The second kappa shape index (κ2) is 5.89. The van der Waals surface area contributed by atoms with Crippen LogP contribution in [-0.2, 0) is 0 Å². The fourth-order valence-electron chi connectivity index (χ4n) is 2.69. The lowest BCUT2D eigenvalue weighted by atomic mass is 10.2. The second-order valence-electron chi connectivity index (χ2n) is 5.02. The van der Waals surface area contributed by atoms with Crippen molar-refractivity contribution in [2.45, 2.75) is 25.8 Å². The lowest BCUT2D eigenvalue weighted by Gasteiger charge is -2.28. The van der Waals surface area contributed by atoms with Crippen LogP contribution in [0.4, 0.5) is 11.5 Å². The average Bonchev–Trinajstić information content (AvgIpc) is 2.86. The maximum Gasteiger partial charge on any atom is 0.165 e. The minimum absolute atomic E-state index is 0.308. The summed E-state index contributed by atoms with van der Waals surface area (Å²) in [5, 5.41) is 8.97. The lowest BCUT2D eigenvalue weighted by molar-refractivity contribution is 0.270. The number of nitriles is 1. The van der Waals surface area contributed by atoms with Gasteiger partial charge in [0, 0.05) is 19.6 Å². The standard InChI is InChI=1S/C14H21N5/c1-3-19-8-4-5-11(19)10-18(2)14-7-6-12(16)13(9-15)17-14/h6-7,11H,3-5,8,10,16H2,1-2H3. The van der Waals surface area contributed by atoms with Crippen molar-refractivity contribution in [3.05, 3.63) is 17.8 Å². The van der Waals surface area contributed by atoms with Gasteiger partial charge in [-0.15, -0.1) is 0 Å². The molecule has 0 aromatic carbocycles. The average molecular weight is 259 g/mol. The molecule has 1 aromatic rings. The van der Waals surface area contributed by atoms with Crippen LogP contribution in [0, 0.1) is 11.3 Å². The van der Waals surface area contributed by atoms with Crippen LogP contribution in [0.3, 0.4) is 0 Å². The molecular weight excluding hydrogens is 238 g/mol.